The summed E-state index contributed by atoms with van der Waals surface area (Å²) in [5.41, 5.74) is 1.81. The van der Waals surface area contributed by atoms with Gasteiger partial charge in [0.25, 0.3) is 0 Å². The molecule has 0 heterocycles. The standard InChI is InChI=1S/C15H30/c1-7-8-11-14(15(4,5)6)12-9-10-13(2)3/h14H,2,7-12H2,1,3-6H3. The zero-order valence-electron chi connectivity index (χ0n) is 11.5. The quantitative estimate of drug-likeness (QED) is 0.481. The maximum Gasteiger partial charge on any atom is -0.0326 e. The van der Waals surface area contributed by atoms with Crippen molar-refractivity contribution in [3.05, 3.63) is 12.2 Å². The molecule has 0 bridgehead atoms. The van der Waals surface area contributed by atoms with E-state index in [2.05, 4.69) is 41.2 Å². The molecule has 0 saturated heterocycles. The van der Waals surface area contributed by atoms with Gasteiger partial charge in [-0.1, -0.05) is 46.1 Å². The van der Waals surface area contributed by atoms with E-state index < -0.39 is 0 Å². The molecule has 0 heteroatoms. The van der Waals surface area contributed by atoms with E-state index in [1.165, 1.54) is 44.1 Å². The summed E-state index contributed by atoms with van der Waals surface area (Å²) in [4.78, 5) is 0. The minimum absolute atomic E-state index is 0.476. The Morgan fingerprint density at radius 2 is 1.67 bits per heavy atom. The van der Waals surface area contributed by atoms with Gasteiger partial charge in [0, 0.05) is 0 Å². The Labute approximate surface area is 97.2 Å². The lowest BCUT2D eigenvalue weighted by atomic mass is 9.75. The van der Waals surface area contributed by atoms with E-state index in [0.29, 0.717) is 5.41 Å². The van der Waals surface area contributed by atoms with Crippen LogP contribution in [-0.4, -0.2) is 0 Å². The van der Waals surface area contributed by atoms with E-state index >= 15 is 0 Å². The Bertz CT molecular complexity index is 171. The Hall–Kier alpha value is -0.260. The zero-order valence-corrected chi connectivity index (χ0v) is 11.5. The van der Waals surface area contributed by atoms with Gasteiger partial charge >= 0.3 is 0 Å². The molecule has 0 N–H and O–H groups in total. The molecule has 0 amide bonds. The van der Waals surface area contributed by atoms with Crippen molar-refractivity contribution in [3.8, 4) is 0 Å². The molecular formula is C15H30. The van der Waals surface area contributed by atoms with Crippen LogP contribution in [0.1, 0.15) is 73.1 Å². The van der Waals surface area contributed by atoms with Crippen molar-refractivity contribution < 1.29 is 0 Å². The summed E-state index contributed by atoms with van der Waals surface area (Å²) in [5.74, 6) is 0.886. The van der Waals surface area contributed by atoms with Crippen LogP contribution in [0.4, 0.5) is 0 Å². The van der Waals surface area contributed by atoms with Crippen molar-refractivity contribution >= 4 is 0 Å². The maximum absolute atomic E-state index is 3.98. The fourth-order valence-corrected chi connectivity index (χ4v) is 2.11. The fourth-order valence-electron chi connectivity index (χ4n) is 2.11. The highest BCUT2D eigenvalue weighted by Gasteiger charge is 2.23. The monoisotopic (exact) mass is 210 g/mol. The molecule has 0 aliphatic carbocycles. The summed E-state index contributed by atoms with van der Waals surface area (Å²) >= 11 is 0. The van der Waals surface area contributed by atoms with E-state index in [-0.39, 0.29) is 0 Å². The van der Waals surface area contributed by atoms with Gasteiger partial charge in [0.1, 0.15) is 0 Å². The van der Waals surface area contributed by atoms with Crippen molar-refractivity contribution in [2.24, 2.45) is 11.3 Å². The summed E-state index contributed by atoms with van der Waals surface area (Å²) in [6.07, 6.45) is 8.01. The molecule has 1 unspecified atom stereocenters. The van der Waals surface area contributed by atoms with E-state index in [1.54, 1.807) is 0 Å². The van der Waals surface area contributed by atoms with Crippen LogP contribution in [0, 0.1) is 11.3 Å². The Morgan fingerprint density at radius 1 is 1.13 bits per heavy atom. The molecule has 0 aliphatic heterocycles. The average molecular weight is 210 g/mol. The highest BCUT2D eigenvalue weighted by Crippen LogP contribution is 2.34. The molecule has 0 aromatic heterocycles. The predicted octanol–water partition coefficient (Wildman–Crippen LogP) is 5.59. The lowest BCUT2D eigenvalue weighted by Gasteiger charge is -2.31. The van der Waals surface area contributed by atoms with Gasteiger partial charge in [0.05, 0.1) is 0 Å². The first-order chi connectivity index (χ1) is 6.88. The molecular weight excluding hydrogens is 180 g/mol. The summed E-state index contributed by atoms with van der Waals surface area (Å²) in [5, 5.41) is 0. The molecule has 0 saturated carbocycles. The second-order valence-electron chi connectivity index (χ2n) is 6.05. The normalized spacial score (nSPS) is 13.9. The Balaban J connectivity index is 3.96. The molecule has 0 nitrogen and oxygen atoms in total. The van der Waals surface area contributed by atoms with E-state index in [1.807, 2.05) is 0 Å². The molecule has 0 aromatic rings. The van der Waals surface area contributed by atoms with E-state index in [4.69, 9.17) is 0 Å². The van der Waals surface area contributed by atoms with Crippen LogP contribution < -0.4 is 0 Å². The lowest BCUT2D eigenvalue weighted by molar-refractivity contribution is 0.204. The van der Waals surface area contributed by atoms with Crippen LogP contribution in [0.5, 0.6) is 0 Å². The third-order valence-electron chi connectivity index (χ3n) is 3.29. The van der Waals surface area contributed by atoms with Crippen molar-refractivity contribution in [2.45, 2.75) is 73.1 Å². The number of unbranched alkanes of at least 4 members (excludes halogenated alkanes) is 1. The SMILES string of the molecule is C=C(C)CCCC(CCCC)C(C)(C)C. The maximum atomic E-state index is 3.98. The van der Waals surface area contributed by atoms with Crippen LogP contribution in [0.2, 0.25) is 0 Å². The minimum Gasteiger partial charge on any atom is -0.100 e. The van der Waals surface area contributed by atoms with Crippen molar-refractivity contribution in [3.63, 3.8) is 0 Å². The van der Waals surface area contributed by atoms with Gasteiger partial charge in [-0.2, -0.15) is 0 Å². The first-order valence-corrected chi connectivity index (χ1v) is 6.52. The minimum atomic E-state index is 0.476. The van der Waals surface area contributed by atoms with Crippen LogP contribution in [-0.2, 0) is 0 Å². The molecule has 90 valence electrons. The molecule has 0 spiro atoms. The second kappa shape index (κ2) is 7.09. The van der Waals surface area contributed by atoms with Gasteiger partial charge in [-0.15, -0.1) is 6.58 Å². The molecule has 0 radical (unpaired) electrons. The van der Waals surface area contributed by atoms with Crippen LogP contribution in [0.3, 0.4) is 0 Å². The molecule has 15 heavy (non-hydrogen) atoms. The summed E-state index contributed by atoms with van der Waals surface area (Å²) in [6.45, 7) is 15.5. The first kappa shape index (κ1) is 14.7. The number of rotatable bonds is 7. The van der Waals surface area contributed by atoms with Gasteiger partial charge in [0.2, 0.25) is 0 Å². The van der Waals surface area contributed by atoms with Crippen LogP contribution in [0.15, 0.2) is 12.2 Å². The summed E-state index contributed by atoms with van der Waals surface area (Å²) in [6, 6.07) is 0. The smallest absolute Gasteiger partial charge is 0.0326 e. The van der Waals surface area contributed by atoms with Crippen molar-refractivity contribution in [1.82, 2.24) is 0 Å². The van der Waals surface area contributed by atoms with Gasteiger partial charge in [-0.25, -0.2) is 0 Å². The first-order valence-electron chi connectivity index (χ1n) is 6.52. The second-order valence-corrected chi connectivity index (χ2v) is 6.05. The van der Waals surface area contributed by atoms with E-state index in [0.717, 1.165) is 5.92 Å². The molecule has 1 atom stereocenters. The molecule has 0 aliphatic rings. The number of hydrogen-bond donors (Lipinski definition) is 0. The van der Waals surface area contributed by atoms with Gasteiger partial charge in [-0.3, -0.25) is 0 Å². The summed E-state index contributed by atoms with van der Waals surface area (Å²) < 4.78 is 0. The predicted molar refractivity (Wildman–Crippen MR) is 71.1 cm³/mol. The van der Waals surface area contributed by atoms with Crippen LogP contribution in [0.25, 0.3) is 0 Å². The zero-order chi connectivity index (χ0) is 11.9. The largest absolute Gasteiger partial charge is 0.100 e. The van der Waals surface area contributed by atoms with Gasteiger partial charge in [-0.05, 0) is 43.9 Å². The van der Waals surface area contributed by atoms with Crippen LogP contribution >= 0.6 is 0 Å². The Morgan fingerprint density at radius 3 is 2.07 bits per heavy atom. The highest BCUT2D eigenvalue weighted by molar-refractivity contribution is 4.88. The highest BCUT2D eigenvalue weighted by atomic mass is 14.3. The Kier molecular flexibility index (Phi) is 6.96. The molecule has 0 rings (SSSR count). The number of hydrogen-bond acceptors (Lipinski definition) is 0. The average Bonchev–Trinajstić information content (AvgIpc) is 2.08. The molecule has 0 aromatic carbocycles. The summed E-state index contributed by atoms with van der Waals surface area (Å²) in [7, 11) is 0. The van der Waals surface area contributed by atoms with Gasteiger partial charge < -0.3 is 0 Å². The van der Waals surface area contributed by atoms with Crippen molar-refractivity contribution in [1.29, 1.82) is 0 Å². The topological polar surface area (TPSA) is 0 Å². The van der Waals surface area contributed by atoms with Gasteiger partial charge in [0.15, 0.2) is 0 Å². The fraction of sp³-hybridized carbons (Fsp3) is 0.867. The third kappa shape index (κ3) is 7.64. The number of allylic oxidation sites excluding steroid dienone is 1. The molecule has 0 fully saturated rings. The van der Waals surface area contributed by atoms with Crippen molar-refractivity contribution in [2.75, 3.05) is 0 Å². The lowest BCUT2D eigenvalue weighted by Crippen LogP contribution is -2.20. The van der Waals surface area contributed by atoms with E-state index in [9.17, 15) is 0 Å². The third-order valence-corrected chi connectivity index (χ3v) is 3.29.